The third kappa shape index (κ3) is 7.96. The second-order valence-corrected chi connectivity index (χ2v) is 10.8. The van der Waals surface area contributed by atoms with Crippen molar-refractivity contribution < 1.29 is 23.2 Å². The first-order valence-corrected chi connectivity index (χ1v) is 14.1. The van der Waals surface area contributed by atoms with Crippen molar-refractivity contribution in [2.45, 2.75) is 58.4 Å². The first-order valence-electron chi connectivity index (χ1n) is 12.6. The zero-order valence-corrected chi connectivity index (χ0v) is 23.2. The quantitative estimate of drug-likeness (QED) is 0.217. The van der Waals surface area contributed by atoms with Gasteiger partial charge in [-0.15, -0.1) is 5.92 Å². The molecular formula is C28H39N3O5S. The van der Waals surface area contributed by atoms with Crippen LogP contribution in [0.3, 0.4) is 0 Å². The van der Waals surface area contributed by atoms with Crippen LogP contribution in [0.1, 0.15) is 46.6 Å². The highest BCUT2D eigenvalue weighted by Gasteiger charge is 2.37. The molecule has 1 atom stereocenters. The Balaban J connectivity index is 2.33. The van der Waals surface area contributed by atoms with Crippen molar-refractivity contribution >= 4 is 21.6 Å². The molecule has 8 nitrogen and oxygen atoms in total. The monoisotopic (exact) mass is 529 g/mol. The van der Waals surface area contributed by atoms with E-state index in [1.54, 1.807) is 38.4 Å². The van der Waals surface area contributed by atoms with Crippen LogP contribution in [0.25, 0.3) is 0 Å². The maximum atomic E-state index is 13.8. The summed E-state index contributed by atoms with van der Waals surface area (Å²) in [5.41, 5.74) is 4.00. The van der Waals surface area contributed by atoms with E-state index >= 15 is 0 Å². The summed E-state index contributed by atoms with van der Waals surface area (Å²) < 4.78 is 34.2. The zero-order chi connectivity index (χ0) is 27.4. The van der Waals surface area contributed by atoms with Gasteiger partial charge in [0, 0.05) is 25.3 Å². The van der Waals surface area contributed by atoms with E-state index in [2.05, 4.69) is 42.7 Å². The van der Waals surface area contributed by atoms with Crippen LogP contribution in [0, 0.1) is 17.8 Å². The fourth-order valence-corrected chi connectivity index (χ4v) is 6.02. The third-order valence-electron chi connectivity index (χ3n) is 6.14. The first kappa shape index (κ1) is 30.2. The van der Waals surface area contributed by atoms with E-state index in [1.165, 1.54) is 22.0 Å². The Morgan fingerprint density at radius 1 is 1.08 bits per heavy atom. The second-order valence-electron chi connectivity index (χ2n) is 8.88. The number of hydrogen-bond acceptors (Lipinski definition) is 6. The number of hydrogen-bond donors (Lipinski definition) is 2. The molecule has 0 saturated carbocycles. The number of ether oxygens (including phenoxy) is 1. The number of hydroxylamine groups is 1. The predicted octanol–water partition coefficient (Wildman–Crippen LogP) is 4.09. The Labute approximate surface area is 221 Å². The highest BCUT2D eigenvalue weighted by Crippen LogP contribution is 2.26. The SMILES string of the molecule is CC#CCOc1ccc(S(=O)(=O)N(CCCN(CC)c2ccccc2CC)C(C(=O)NO)C(C)C)cc1. The smallest absolute Gasteiger partial charge is 0.262 e. The highest BCUT2D eigenvalue weighted by atomic mass is 32.2. The molecule has 2 aromatic carbocycles. The molecule has 0 saturated heterocycles. The van der Waals surface area contributed by atoms with Crippen LogP contribution in [0.5, 0.6) is 5.75 Å². The maximum absolute atomic E-state index is 13.8. The number of carbonyl (C=O) groups is 1. The van der Waals surface area contributed by atoms with E-state index in [0.717, 1.165) is 18.7 Å². The number of aryl methyl sites for hydroxylation is 1. The minimum atomic E-state index is -4.07. The van der Waals surface area contributed by atoms with Gasteiger partial charge in [-0.25, -0.2) is 13.9 Å². The lowest BCUT2D eigenvalue weighted by Gasteiger charge is -2.33. The average molecular weight is 530 g/mol. The van der Waals surface area contributed by atoms with Gasteiger partial charge in [0.1, 0.15) is 18.4 Å². The Bertz CT molecular complexity index is 1170. The minimum Gasteiger partial charge on any atom is -0.481 e. The van der Waals surface area contributed by atoms with E-state index in [0.29, 0.717) is 18.7 Å². The minimum absolute atomic E-state index is 0.0430. The highest BCUT2D eigenvalue weighted by molar-refractivity contribution is 7.89. The molecule has 37 heavy (non-hydrogen) atoms. The molecule has 0 aromatic heterocycles. The van der Waals surface area contributed by atoms with E-state index < -0.39 is 22.0 Å². The number of para-hydroxylation sites is 1. The molecular weight excluding hydrogens is 490 g/mol. The molecule has 0 bridgehead atoms. The number of carbonyl (C=O) groups excluding carboxylic acids is 1. The summed E-state index contributed by atoms with van der Waals surface area (Å²) in [5.74, 6) is 4.88. The molecule has 0 aliphatic heterocycles. The van der Waals surface area contributed by atoms with Crippen molar-refractivity contribution in [1.29, 1.82) is 0 Å². The maximum Gasteiger partial charge on any atom is 0.262 e. The van der Waals surface area contributed by atoms with Gasteiger partial charge in [-0.2, -0.15) is 4.31 Å². The lowest BCUT2D eigenvalue weighted by atomic mass is 10.0. The molecule has 9 heteroatoms. The van der Waals surface area contributed by atoms with Crippen LogP contribution in [-0.2, 0) is 21.2 Å². The average Bonchev–Trinajstić information content (AvgIpc) is 2.90. The van der Waals surface area contributed by atoms with Gasteiger partial charge in [0.15, 0.2) is 0 Å². The van der Waals surface area contributed by atoms with E-state index in [4.69, 9.17) is 4.74 Å². The summed E-state index contributed by atoms with van der Waals surface area (Å²) in [6.07, 6.45) is 1.38. The molecule has 2 rings (SSSR count). The molecule has 0 aliphatic rings. The van der Waals surface area contributed by atoms with Crippen LogP contribution >= 0.6 is 0 Å². The molecule has 1 unspecified atom stereocenters. The molecule has 202 valence electrons. The van der Waals surface area contributed by atoms with Crippen LogP contribution in [0.2, 0.25) is 0 Å². The van der Waals surface area contributed by atoms with Crippen molar-refractivity contribution in [1.82, 2.24) is 9.79 Å². The van der Waals surface area contributed by atoms with E-state index in [1.807, 2.05) is 12.1 Å². The van der Waals surface area contributed by atoms with Crippen LogP contribution < -0.4 is 15.1 Å². The van der Waals surface area contributed by atoms with Gasteiger partial charge in [-0.05, 0) is 68.5 Å². The molecule has 0 heterocycles. The van der Waals surface area contributed by atoms with Crippen molar-refractivity contribution in [3.8, 4) is 17.6 Å². The van der Waals surface area contributed by atoms with Gasteiger partial charge < -0.3 is 9.64 Å². The van der Waals surface area contributed by atoms with Crippen molar-refractivity contribution in [3.63, 3.8) is 0 Å². The normalized spacial score (nSPS) is 12.1. The second kappa shape index (κ2) is 14.6. The summed E-state index contributed by atoms with van der Waals surface area (Å²) in [7, 11) is -4.07. The number of amides is 1. The first-order chi connectivity index (χ1) is 17.7. The molecule has 2 aromatic rings. The fourth-order valence-electron chi connectivity index (χ4n) is 4.26. The summed E-state index contributed by atoms with van der Waals surface area (Å²) in [6, 6.07) is 13.2. The van der Waals surface area contributed by atoms with Crippen molar-refractivity contribution in [2.75, 3.05) is 31.1 Å². The zero-order valence-electron chi connectivity index (χ0n) is 22.4. The van der Waals surface area contributed by atoms with Gasteiger partial charge in [0.25, 0.3) is 5.91 Å². The fraction of sp³-hybridized carbons (Fsp3) is 0.464. The summed E-state index contributed by atoms with van der Waals surface area (Å²) in [6.45, 7) is 11.1. The van der Waals surface area contributed by atoms with Gasteiger partial charge in [-0.3, -0.25) is 10.0 Å². The number of nitrogens with one attached hydrogen (secondary N) is 1. The van der Waals surface area contributed by atoms with Gasteiger partial charge in [0.05, 0.1) is 4.90 Å². The third-order valence-corrected chi connectivity index (χ3v) is 8.04. The van der Waals surface area contributed by atoms with E-state index in [-0.39, 0.29) is 24.0 Å². The molecule has 0 aliphatic carbocycles. The van der Waals surface area contributed by atoms with Crippen molar-refractivity contribution in [2.24, 2.45) is 5.92 Å². The Morgan fingerprint density at radius 2 is 1.76 bits per heavy atom. The Kier molecular flexibility index (Phi) is 11.9. The topological polar surface area (TPSA) is 99.2 Å². The van der Waals surface area contributed by atoms with Crippen molar-refractivity contribution in [3.05, 3.63) is 54.1 Å². The lowest BCUT2D eigenvalue weighted by molar-refractivity contribution is -0.134. The Morgan fingerprint density at radius 3 is 2.32 bits per heavy atom. The van der Waals surface area contributed by atoms with Gasteiger partial charge >= 0.3 is 0 Å². The molecule has 1 amide bonds. The van der Waals surface area contributed by atoms with Crippen LogP contribution in [0.4, 0.5) is 5.69 Å². The lowest BCUT2D eigenvalue weighted by Crippen LogP contribution is -2.52. The number of benzene rings is 2. The standard InChI is InChI=1S/C28H39N3O5S/c1-6-9-21-36-24-15-17-25(18-16-24)37(34,35)31(27(22(4)5)28(32)29-33)20-12-19-30(8-3)26-14-11-10-13-23(26)7-2/h10-11,13-18,22,27,33H,7-8,12,19-21H2,1-5H3,(H,29,32). The summed E-state index contributed by atoms with van der Waals surface area (Å²) in [5, 5.41) is 9.38. The molecule has 0 radical (unpaired) electrons. The summed E-state index contributed by atoms with van der Waals surface area (Å²) >= 11 is 0. The molecule has 0 spiro atoms. The van der Waals surface area contributed by atoms with Crippen LogP contribution in [-0.4, -0.2) is 56.1 Å². The Hall–Kier alpha value is -3.06. The van der Waals surface area contributed by atoms with Gasteiger partial charge in [0.2, 0.25) is 10.0 Å². The number of nitrogens with zero attached hydrogens (tertiary/aromatic N) is 2. The summed E-state index contributed by atoms with van der Waals surface area (Å²) in [4.78, 5) is 14.9. The predicted molar refractivity (Wildman–Crippen MR) is 146 cm³/mol. The number of sulfonamides is 1. The molecule has 2 N–H and O–H groups in total. The molecule has 0 fully saturated rings. The van der Waals surface area contributed by atoms with Crippen LogP contribution in [0.15, 0.2) is 53.4 Å². The van der Waals surface area contributed by atoms with Gasteiger partial charge in [-0.1, -0.05) is 44.9 Å². The largest absolute Gasteiger partial charge is 0.481 e. The number of anilines is 1. The van der Waals surface area contributed by atoms with E-state index in [9.17, 15) is 18.4 Å². The number of rotatable bonds is 14.